The van der Waals surface area contributed by atoms with Crippen LogP contribution in [0.15, 0.2) is 102 Å². The van der Waals surface area contributed by atoms with Crippen LogP contribution in [0.2, 0.25) is 0 Å². The lowest BCUT2D eigenvalue weighted by molar-refractivity contribution is 0.102. The number of carbonyl (C=O) groups is 1. The van der Waals surface area contributed by atoms with Gasteiger partial charge in [-0.1, -0.05) is 18.2 Å². The molecule has 6 aromatic rings. The van der Waals surface area contributed by atoms with Gasteiger partial charge in [0.15, 0.2) is 5.75 Å². The Kier molecular flexibility index (Phi) is 7.91. The topological polar surface area (TPSA) is 99.0 Å². The highest BCUT2D eigenvalue weighted by Crippen LogP contribution is 2.32. The molecule has 9 heteroatoms. The maximum atomic E-state index is 13.6. The van der Waals surface area contributed by atoms with Gasteiger partial charge >= 0.3 is 0 Å². The minimum Gasteiger partial charge on any atom is -0.455 e. The van der Waals surface area contributed by atoms with Gasteiger partial charge in [0.25, 0.3) is 5.91 Å². The Balaban J connectivity index is 1.25. The molecule has 0 aliphatic rings. The van der Waals surface area contributed by atoms with Crippen molar-refractivity contribution in [3.05, 3.63) is 131 Å². The third-order valence-corrected chi connectivity index (χ3v) is 7.60. The van der Waals surface area contributed by atoms with Gasteiger partial charge in [0.2, 0.25) is 5.43 Å². The molecule has 4 aromatic heterocycles. The summed E-state index contributed by atoms with van der Waals surface area (Å²) >= 11 is 0. The second-order valence-electron chi connectivity index (χ2n) is 11.0. The van der Waals surface area contributed by atoms with Crippen LogP contribution in [0, 0.1) is 19.7 Å². The van der Waals surface area contributed by atoms with E-state index in [0.29, 0.717) is 45.0 Å². The number of fused-ring (bicyclic) bond motifs is 1. The number of aryl methyl sites for hydroxylation is 1. The molecule has 1 amide bonds. The molecule has 0 saturated heterocycles. The number of rotatable bonds is 7. The monoisotopic (exact) mass is 599 g/mol. The van der Waals surface area contributed by atoms with E-state index >= 15 is 0 Å². The Hall–Kier alpha value is -5.70. The van der Waals surface area contributed by atoms with E-state index in [1.165, 1.54) is 12.1 Å². The first kappa shape index (κ1) is 29.4. The molecule has 1 N–H and O–H groups in total. The van der Waals surface area contributed by atoms with Crippen molar-refractivity contribution >= 4 is 22.6 Å². The summed E-state index contributed by atoms with van der Waals surface area (Å²) in [6.45, 7) is 7.69. The normalized spacial score (nSPS) is 11.2. The molecule has 0 bridgehead atoms. The van der Waals surface area contributed by atoms with Gasteiger partial charge in [0, 0.05) is 70.7 Å². The van der Waals surface area contributed by atoms with Crippen LogP contribution >= 0.6 is 0 Å². The highest BCUT2D eigenvalue weighted by Gasteiger charge is 2.21. The first-order chi connectivity index (χ1) is 21.7. The fraction of sp³-hybridized carbons (Fsp3) is 0.139. The number of aromatic nitrogens is 4. The van der Waals surface area contributed by atoms with Crippen molar-refractivity contribution in [2.24, 2.45) is 0 Å². The number of ether oxygens (including phenoxy) is 1. The van der Waals surface area contributed by atoms with E-state index in [1.807, 2.05) is 50.5 Å². The highest BCUT2D eigenvalue weighted by molar-refractivity contribution is 6.04. The molecule has 0 radical (unpaired) electrons. The molecule has 45 heavy (non-hydrogen) atoms. The molecule has 0 saturated carbocycles. The number of pyridine rings is 4. The van der Waals surface area contributed by atoms with Crippen LogP contribution in [0.3, 0.4) is 0 Å². The predicted octanol–water partition coefficient (Wildman–Crippen LogP) is 7.90. The minimum absolute atomic E-state index is 0.00990. The van der Waals surface area contributed by atoms with E-state index < -0.39 is 17.2 Å². The fourth-order valence-corrected chi connectivity index (χ4v) is 5.34. The first-order valence-electron chi connectivity index (χ1n) is 14.5. The zero-order valence-corrected chi connectivity index (χ0v) is 25.2. The van der Waals surface area contributed by atoms with Gasteiger partial charge in [-0.25, -0.2) is 9.37 Å². The lowest BCUT2D eigenvalue weighted by atomic mass is 10.00. The van der Waals surface area contributed by atoms with Crippen LogP contribution in [0.5, 0.6) is 11.5 Å². The minimum atomic E-state index is -0.546. The van der Waals surface area contributed by atoms with Crippen LogP contribution < -0.4 is 15.5 Å². The summed E-state index contributed by atoms with van der Waals surface area (Å²) in [5, 5.41) is 2.83. The Labute approximate surface area is 259 Å². The van der Waals surface area contributed by atoms with E-state index in [-0.39, 0.29) is 11.6 Å². The number of amides is 1. The number of carbonyl (C=O) groups excluding carboxylic acids is 1. The van der Waals surface area contributed by atoms with Gasteiger partial charge in [-0.05, 0) is 81.8 Å². The number of benzene rings is 2. The van der Waals surface area contributed by atoms with E-state index in [1.54, 1.807) is 67.3 Å². The number of nitrogens with zero attached hydrogens (tertiary/aromatic N) is 4. The smallest absolute Gasteiger partial charge is 0.261 e. The average Bonchev–Trinajstić information content (AvgIpc) is 3.03. The quantitative estimate of drug-likeness (QED) is 0.200. The average molecular weight is 600 g/mol. The van der Waals surface area contributed by atoms with Crippen LogP contribution in [0.1, 0.15) is 41.6 Å². The Bertz CT molecular complexity index is 2090. The van der Waals surface area contributed by atoms with Crippen molar-refractivity contribution in [1.29, 1.82) is 0 Å². The molecule has 0 fully saturated rings. The third kappa shape index (κ3) is 5.92. The second-order valence-corrected chi connectivity index (χ2v) is 11.0. The molecule has 0 aliphatic carbocycles. The summed E-state index contributed by atoms with van der Waals surface area (Å²) in [5.41, 5.74) is 5.69. The number of anilines is 1. The summed E-state index contributed by atoms with van der Waals surface area (Å²) in [4.78, 5) is 40.5. The maximum absolute atomic E-state index is 13.6. The fourth-order valence-electron chi connectivity index (χ4n) is 5.34. The van der Waals surface area contributed by atoms with Crippen LogP contribution in [-0.4, -0.2) is 25.4 Å². The summed E-state index contributed by atoms with van der Waals surface area (Å²) in [7, 11) is 0. The summed E-state index contributed by atoms with van der Waals surface area (Å²) < 4.78 is 21.7. The number of halogens is 1. The predicted molar refractivity (Wildman–Crippen MR) is 173 cm³/mol. The molecule has 224 valence electrons. The maximum Gasteiger partial charge on any atom is 0.261 e. The Morgan fingerprint density at radius 1 is 0.956 bits per heavy atom. The number of hydrogen-bond donors (Lipinski definition) is 1. The van der Waals surface area contributed by atoms with Crippen molar-refractivity contribution in [3.63, 3.8) is 0 Å². The van der Waals surface area contributed by atoms with Crippen LogP contribution in [0.25, 0.3) is 33.3 Å². The Morgan fingerprint density at radius 2 is 1.71 bits per heavy atom. The molecule has 0 aliphatic heterocycles. The summed E-state index contributed by atoms with van der Waals surface area (Å²) in [6, 6.07) is 20.1. The van der Waals surface area contributed by atoms with Crippen molar-refractivity contribution in [2.45, 2.75) is 33.7 Å². The van der Waals surface area contributed by atoms with E-state index in [2.05, 4.69) is 15.3 Å². The van der Waals surface area contributed by atoms with Gasteiger partial charge in [-0.3, -0.25) is 19.6 Å². The van der Waals surface area contributed by atoms with Crippen LogP contribution in [0.4, 0.5) is 10.1 Å². The van der Waals surface area contributed by atoms with E-state index in [0.717, 1.165) is 16.8 Å². The molecular weight excluding hydrogens is 569 g/mol. The number of nitrogens with one attached hydrogen (secondary N) is 1. The van der Waals surface area contributed by atoms with Crippen molar-refractivity contribution in [1.82, 2.24) is 19.5 Å². The molecule has 8 nitrogen and oxygen atoms in total. The zero-order chi connectivity index (χ0) is 31.7. The molecule has 4 heterocycles. The Morgan fingerprint density at radius 3 is 2.40 bits per heavy atom. The molecule has 2 aromatic carbocycles. The van der Waals surface area contributed by atoms with Crippen molar-refractivity contribution < 1.29 is 13.9 Å². The lowest BCUT2D eigenvalue weighted by Gasteiger charge is -2.20. The van der Waals surface area contributed by atoms with E-state index in [4.69, 9.17) is 9.72 Å². The van der Waals surface area contributed by atoms with Gasteiger partial charge < -0.3 is 14.6 Å². The van der Waals surface area contributed by atoms with E-state index in [9.17, 15) is 14.0 Å². The molecule has 0 unspecified atom stereocenters. The molecular formula is C36H30FN5O3. The largest absolute Gasteiger partial charge is 0.455 e. The molecule has 0 spiro atoms. The molecule has 0 atom stereocenters. The van der Waals surface area contributed by atoms with Crippen molar-refractivity contribution in [2.75, 3.05) is 5.32 Å². The highest BCUT2D eigenvalue weighted by atomic mass is 19.1. The van der Waals surface area contributed by atoms with Crippen LogP contribution in [-0.2, 0) is 0 Å². The van der Waals surface area contributed by atoms with Gasteiger partial charge in [0.1, 0.15) is 22.6 Å². The van der Waals surface area contributed by atoms with Crippen molar-refractivity contribution in [3.8, 4) is 33.8 Å². The number of hydrogen-bond acceptors (Lipinski definition) is 6. The summed E-state index contributed by atoms with van der Waals surface area (Å²) in [6.07, 6.45) is 6.76. The lowest BCUT2D eigenvalue weighted by Crippen LogP contribution is -2.26. The van der Waals surface area contributed by atoms with Gasteiger partial charge in [0.05, 0.1) is 5.52 Å². The van der Waals surface area contributed by atoms with Gasteiger partial charge in [-0.15, -0.1) is 0 Å². The summed E-state index contributed by atoms with van der Waals surface area (Å²) in [5.74, 6) is 0.128. The molecule has 6 rings (SSSR count). The first-order valence-corrected chi connectivity index (χ1v) is 14.5. The third-order valence-electron chi connectivity index (χ3n) is 7.60. The second kappa shape index (κ2) is 12.1. The standard InChI is InChI=1S/C36H30FN5O3/c1-21(2)42-20-30(35(43)33(23(42)4)24-7-9-26(37)10-8-24)36(44)41-27-11-13-28(14-12-27)45-32-15-17-39-31-18-29(22(3)40-34(31)32)25-6-5-16-38-19-25/h5-21H,1-4H3,(H,41,44). The SMILES string of the molecule is Cc1nc2c(Oc3ccc(NC(=O)c4cn(C(C)C)c(C)c(-c5ccc(F)cc5)c4=O)cc3)ccnc2cc1-c1cccnc1. The van der Waals surface area contributed by atoms with Gasteiger partial charge in [-0.2, -0.15) is 0 Å². The zero-order valence-electron chi connectivity index (χ0n) is 25.2.